The zero-order valence-corrected chi connectivity index (χ0v) is 48.0. The van der Waals surface area contributed by atoms with Gasteiger partial charge in [-0.2, -0.15) is 0 Å². The quantitative estimate of drug-likeness (QED) is 0.0211. The molecule has 0 aliphatic rings. The van der Waals surface area contributed by atoms with Gasteiger partial charge in [0.2, 0.25) is 0 Å². The third-order valence-electron chi connectivity index (χ3n) is 12.9. The monoisotopic (exact) mass is 1020 g/mol. The number of nitrogens with zero attached hydrogens (tertiary/aromatic N) is 1. The van der Waals surface area contributed by atoms with E-state index >= 15 is 0 Å². The van der Waals surface area contributed by atoms with Gasteiger partial charge in [-0.1, -0.05) is 241 Å². The summed E-state index contributed by atoms with van der Waals surface area (Å²) in [5.41, 5.74) is 0. The molecule has 0 rings (SSSR count). The van der Waals surface area contributed by atoms with Crippen molar-refractivity contribution in [1.29, 1.82) is 0 Å². The summed E-state index contributed by atoms with van der Waals surface area (Å²) in [6.45, 7) is 4.70. The number of carboxylic acids is 1. The van der Waals surface area contributed by atoms with E-state index in [9.17, 15) is 19.5 Å². The van der Waals surface area contributed by atoms with E-state index in [4.69, 9.17) is 18.9 Å². The van der Waals surface area contributed by atoms with Crippen molar-refractivity contribution in [2.45, 2.75) is 270 Å². The summed E-state index contributed by atoms with van der Waals surface area (Å²) in [6, 6.07) is 0. The number of carbonyl (C=O) groups is 3. The van der Waals surface area contributed by atoms with E-state index in [-0.39, 0.29) is 38.6 Å². The van der Waals surface area contributed by atoms with Crippen molar-refractivity contribution in [2.75, 3.05) is 47.5 Å². The molecule has 422 valence electrons. The maximum Gasteiger partial charge on any atom is 0.361 e. The molecular formula is C64H114NO8+. The van der Waals surface area contributed by atoms with Crippen LogP contribution in [0.3, 0.4) is 0 Å². The van der Waals surface area contributed by atoms with E-state index in [0.29, 0.717) is 11.0 Å². The van der Waals surface area contributed by atoms with Crippen LogP contribution in [0.15, 0.2) is 72.9 Å². The molecule has 1 N–H and O–H groups in total. The highest BCUT2D eigenvalue weighted by atomic mass is 16.7. The minimum Gasteiger partial charge on any atom is -0.477 e. The predicted octanol–water partition coefficient (Wildman–Crippen LogP) is 17.8. The Kier molecular flexibility index (Phi) is 52.5. The molecule has 0 bridgehead atoms. The molecule has 0 aliphatic carbocycles. The minimum absolute atomic E-state index is 0.185. The number of quaternary nitrogens is 1. The zero-order chi connectivity index (χ0) is 53.4. The second-order valence-electron chi connectivity index (χ2n) is 21.3. The standard InChI is InChI=1S/C64H113NO8/c1-6-8-10-12-14-16-18-20-21-22-23-24-25-26-27-28-29-30-31-32-33-34-35-36-37-38-39-40-41-43-45-47-49-51-53-55-62(67)73-60(59-72-64(63(68)69)70-57-56-65(3,4)5)58-71-61(66)54-52-50-48-46-44-42-19-17-15-13-11-9-7-2/h8,10-11,13-14,16-17,19-21,23-24,60,64H,6-7,9,12,15,18,22,25-59H2,1-5H3/p+1/b10-8-,13-11-,16-14-,19-17-,21-20-,24-23-. The summed E-state index contributed by atoms with van der Waals surface area (Å²) in [4.78, 5) is 37.3. The Morgan fingerprint density at radius 3 is 1.16 bits per heavy atom. The maximum absolute atomic E-state index is 12.9. The van der Waals surface area contributed by atoms with Gasteiger partial charge in [0.1, 0.15) is 13.2 Å². The first-order valence-electron chi connectivity index (χ1n) is 30.1. The lowest BCUT2D eigenvalue weighted by Gasteiger charge is -2.25. The first-order chi connectivity index (χ1) is 35.6. The van der Waals surface area contributed by atoms with Crippen molar-refractivity contribution >= 4 is 17.9 Å². The van der Waals surface area contributed by atoms with Crippen LogP contribution in [-0.2, 0) is 33.3 Å². The highest BCUT2D eigenvalue weighted by molar-refractivity contribution is 5.71. The number of carboxylic acid groups (broad SMARTS) is 1. The summed E-state index contributed by atoms with van der Waals surface area (Å²) < 4.78 is 22.8. The summed E-state index contributed by atoms with van der Waals surface area (Å²) in [7, 11) is 5.96. The molecule has 9 heteroatoms. The molecule has 2 atom stereocenters. The van der Waals surface area contributed by atoms with Crippen molar-refractivity contribution in [3.05, 3.63) is 72.9 Å². The van der Waals surface area contributed by atoms with Gasteiger partial charge in [0.25, 0.3) is 6.29 Å². The van der Waals surface area contributed by atoms with Crippen LogP contribution in [0.2, 0.25) is 0 Å². The Labute approximate surface area is 449 Å². The second-order valence-corrected chi connectivity index (χ2v) is 21.3. The molecule has 73 heavy (non-hydrogen) atoms. The number of unbranched alkanes of at least 4 members (excludes halogenated alkanes) is 28. The fourth-order valence-electron chi connectivity index (χ4n) is 8.34. The van der Waals surface area contributed by atoms with Crippen LogP contribution < -0.4 is 0 Å². The van der Waals surface area contributed by atoms with E-state index in [0.717, 1.165) is 96.3 Å². The van der Waals surface area contributed by atoms with Gasteiger partial charge in [-0.3, -0.25) is 9.59 Å². The molecule has 0 saturated heterocycles. The van der Waals surface area contributed by atoms with Gasteiger partial charge in [-0.25, -0.2) is 4.79 Å². The largest absolute Gasteiger partial charge is 0.477 e. The number of hydrogen-bond donors (Lipinski definition) is 1. The number of allylic oxidation sites excluding steroid dienone is 12. The second kappa shape index (κ2) is 55.0. The highest BCUT2D eigenvalue weighted by Crippen LogP contribution is 2.17. The highest BCUT2D eigenvalue weighted by Gasteiger charge is 2.25. The van der Waals surface area contributed by atoms with Crippen molar-refractivity contribution in [3.63, 3.8) is 0 Å². The molecular weight excluding hydrogens is 911 g/mol. The van der Waals surface area contributed by atoms with Gasteiger partial charge in [-0.05, 0) is 77.0 Å². The van der Waals surface area contributed by atoms with E-state index in [2.05, 4.69) is 86.8 Å². The lowest BCUT2D eigenvalue weighted by Crippen LogP contribution is -2.40. The first kappa shape index (κ1) is 69.7. The van der Waals surface area contributed by atoms with E-state index in [1.54, 1.807) is 0 Å². The van der Waals surface area contributed by atoms with Crippen LogP contribution in [0.5, 0.6) is 0 Å². The van der Waals surface area contributed by atoms with Crippen LogP contribution in [-0.4, -0.2) is 87.4 Å². The summed E-state index contributed by atoms with van der Waals surface area (Å²) in [6.07, 6.45) is 68.7. The number of esters is 2. The molecule has 0 radical (unpaired) electrons. The molecule has 0 saturated carbocycles. The van der Waals surface area contributed by atoms with Crippen LogP contribution >= 0.6 is 0 Å². The van der Waals surface area contributed by atoms with Gasteiger partial charge >= 0.3 is 17.9 Å². The van der Waals surface area contributed by atoms with Gasteiger partial charge in [0.05, 0.1) is 34.4 Å². The summed E-state index contributed by atoms with van der Waals surface area (Å²) in [5, 5.41) is 9.69. The van der Waals surface area contributed by atoms with Crippen molar-refractivity contribution in [1.82, 2.24) is 0 Å². The summed E-state index contributed by atoms with van der Waals surface area (Å²) >= 11 is 0. The number of aliphatic carboxylic acids is 1. The fourth-order valence-corrected chi connectivity index (χ4v) is 8.34. The van der Waals surface area contributed by atoms with Gasteiger partial charge in [0.15, 0.2) is 6.10 Å². The summed E-state index contributed by atoms with van der Waals surface area (Å²) in [5.74, 6) is -2.02. The molecule has 2 unspecified atom stereocenters. The lowest BCUT2D eigenvalue weighted by molar-refractivity contribution is -0.870. The third kappa shape index (κ3) is 56.3. The molecule has 0 aromatic rings. The first-order valence-corrected chi connectivity index (χ1v) is 30.1. The molecule has 0 spiro atoms. The minimum atomic E-state index is -1.51. The number of ether oxygens (including phenoxy) is 4. The molecule has 9 nitrogen and oxygen atoms in total. The smallest absolute Gasteiger partial charge is 0.361 e. The topological polar surface area (TPSA) is 108 Å². The van der Waals surface area contributed by atoms with E-state index in [1.807, 2.05) is 21.1 Å². The van der Waals surface area contributed by atoms with E-state index in [1.165, 1.54) is 135 Å². The molecule has 0 aromatic heterocycles. The van der Waals surface area contributed by atoms with Crippen LogP contribution in [0.4, 0.5) is 0 Å². The molecule has 0 aliphatic heterocycles. The number of carbonyl (C=O) groups excluding carboxylic acids is 2. The van der Waals surface area contributed by atoms with Gasteiger partial charge in [0, 0.05) is 12.8 Å². The van der Waals surface area contributed by atoms with Crippen LogP contribution in [0.1, 0.15) is 258 Å². The van der Waals surface area contributed by atoms with Crippen LogP contribution in [0, 0.1) is 0 Å². The third-order valence-corrected chi connectivity index (χ3v) is 12.9. The number of hydrogen-bond acceptors (Lipinski definition) is 7. The average molecular weight is 1030 g/mol. The normalized spacial score (nSPS) is 13.3. The Morgan fingerprint density at radius 2 is 0.781 bits per heavy atom. The molecule has 0 aromatic carbocycles. The molecule has 0 amide bonds. The van der Waals surface area contributed by atoms with E-state index < -0.39 is 24.3 Å². The Morgan fingerprint density at radius 1 is 0.425 bits per heavy atom. The van der Waals surface area contributed by atoms with Crippen molar-refractivity contribution in [3.8, 4) is 0 Å². The average Bonchev–Trinajstić information content (AvgIpc) is 3.36. The Hall–Kier alpha value is -3.27. The van der Waals surface area contributed by atoms with Crippen LogP contribution in [0.25, 0.3) is 0 Å². The number of likely N-dealkylation sites (N-methyl/N-ethyl adjacent to an activating group) is 1. The SMILES string of the molecule is CC/C=C\C/C=C\C/C=C\C/C=C\CCCCCCCCCCCCCCCCCCCCCCCCC(=O)OC(COC(=O)CCCCCCC/C=C\C/C=C\CCC)COC(OCC[N+](C)(C)C)C(=O)O. The maximum atomic E-state index is 12.9. The molecule has 0 fully saturated rings. The predicted molar refractivity (Wildman–Crippen MR) is 309 cm³/mol. The number of rotatable bonds is 55. The van der Waals surface area contributed by atoms with Crippen molar-refractivity contribution in [2.24, 2.45) is 0 Å². The zero-order valence-electron chi connectivity index (χ0n) is 48.0. The van der Waals surface area contributed by atoms with Gasteiger partial charge < -0.3 is 28.5 Å². The van der Waals surface area contributed by atoms with Gasteiger partial charge in [-0.15, -0.1) is 0 Å². The Balaban J connectivity index is 4.03. The Bertz CT molecular complexity index is 1420. The fraction of sp³-hybridized carbons (Fsp3) is 0.766. The molecule has 0 heterocycles. The lowest BCUT2D eigenvalue weighted by atomic mass is 10.0. The van der Waals surface area contributed by atoms with Crippen molar-refractivity contribution < 1.29 is 42.9 Å².